The molecule has 0 saturated heterocycles. The van der Waals surface area contributed by atoms with E-state index in [-0.39, 0.29) is 0 Å². The van der Waals surface area contributed by atoms with Crippen molar-refractivity contribution >= 4 is 0 Å². The van der Waals surface area contributed by atoms with Crippen molar-refractivity contribution < 1.29 is 4.74 Å². The molecule has 1 heterocycles. The van der Waals surface area contributed by atoms with Gasteiger partial charge in [-0.3, -0.25) is 4.98 Å². The lowest BCUT2D eigenvalue weighted by atomic mass is 10.1. The first-order valence-electron chi connectivity index (χ1n) is 6.56. The highest BCUT2D eigenvalue weighted by atomic mass is 16.5. The zero-order chi connectivity index (χ0) is 13.7. The van der Waals surface area contributed by atoms with Gasteiger partial charge in [0.25, 0.3) is 0 Å². The van der Waals surface area contributed by atoms with E-state index in [2.05, 4.69) is 36.3 Å². The molecule has 0 spiro atoms. The molecule has 0 aliphatic heterocycles. The molecule has 0 aliphatic carbocycles. The average Bonchev–Trinajstić information content (AvgIpc) is 2.46. The predicted molar refractivity (Wildman–Crippen MR) is 78.3 cm³/mol. The molecule has 0 radical (unpaired) electrons. The number of ether oxygens (including phenoxy) is 1. The second-order valence-electron chi connectivity index (χ2n) is 4.45. The Hall–Kier alpha value is -1.87. The van der Waals surface area contributed by atoms with Crippen LogP contribution >= 0.6 is 0 Å². The standard InChI is InChI=1S/C16H20N2O/c1-4-17-11-14-7-10-16(18-12(14)2)13-5-8-15(19-3)9-6-13/h5-10,17H,4,11H2,1-3H3. The van der Waals surface area contributed by atoms with Crippen molar-refractivity contribution in [3.8, 4) is 17.0 Å². The van der Waals surface area contributed by atoms with Crippen LogP contribution in [0.25, 0.3) is 11.3 Å². The van der Waals surface area contributed by atoms with Crippen LogP contribution in [-0.2, 0) is 6.54 Å². The highest BCUT2D eigenvalue weighted by molar-refractivity contribution is 5.60. The third-order valence-corrected chi connectivity index (χ3v) is 3.15. The van der Waals surface area contributed by atoms with Crippen molar-refractivity contribution in [2.45, 2.75) is 20.4 Å². The topological polar surface area (TPSA) is 34.1 Å². The third kappa shape index (κ3) is 3.32. The number of aryl methyl sites for hydroxylation is 1. The molecule has 0 bridgehead atoms. The summed E-state index contributed by atoms with van der Waals surface area (Å²) in [4.78, 5) is 4.67. The van der Waals surface area contributed by atoms with Gasteiger partial charge in [-0.15, -0.1) is 0 Å². The first-order chi connectivity index (χ1) is 9.24. The largest absolute Gasteiger partial charge is 0.497 e. The molecular weight excluding hydrogens is 236 g/mol. The Morgan fingerprint density at radius 1 is 1.11 bits per heavy atom. The summed E-state index contributed by atoms with van der Waals surface area (Å²) >= 11 is 0. The van der Waals surface area contributed by atoms with Crippen molar-refractivity contribution in [3.05, 3.63) is 47.7 Å². The number of benzene rings is 1. The Labute approximate surface area is 114 Å². The number of hydrogen-bond donors (Lipinski definition) is 1. The van der Waals surface area contributed by atoms with Crippen molar-refractivity contribution in [2.24, 2.45) is 0 Å². The zero-order valence-corrected chi connectivity index (χ0v) is 11.7. The van der Waals surface area contributed by atoms with E-state index in [1.54, 1.807) is 7.11 Å². The van der Waals surface area contributed by atoms with Crippen LogP contribution in [0.2, 0.25) is 0 Å². The quantitative estimate of drug-likeness (QED) is 0.892. The summed E-state index contributed by atoms with van der Waals surface area (Å²) in [6.45, 7) is 6.01. The Bertz CT molecular complexity index is 535. The lowest BCUT2D eigenvalue weighted by molar-refractivity contribution is 0.415. The van der Waals surface area contributed by atoms with Gasteiger partial charge in [0.05, 0.1) is 12.8 Å². The van der Waals surface area contributed by atoms with E-state index < -0.39 is 0 Å². The minimum absolute atomic E-state index is 0.865. The highest BCUT2D eigenvalue weighted by Crippen LogP contribution is 2.21. The van der Waals surface area contributed by atoms with Gasteiger partial charge < -0.3 is 10.1 Å². The number of nitrogens with one attached hydrogen (secondary N) is 1. The minimum Gasteiger partial charge on any atom is -0.497 e. The molecule has 0 saturated carbocycles. The van der Waals surface area contributed by atoms with Crippen molar-refractivity contribution in [2.75, 3.05) is 13.7 Å². The fourth-order valence-corrected chi connectivity index (χ4v) is 1.96. The summed E-state index contributed by atoms with van der Waals surface area (Å²) in [7, 11) is 1.67. The Kier molecular flexibility index (Phi) is 4.53. The number of methoxy groups -OCH3 is 1. The molecule has 1 N–H and O–H groups in total. The molecule has 100 valence electrons. The van der Waals surface area contributed by atoms with Gasteiger partial charge in [0.15, 0.2) is 0 Å². The second-order valence-corrected chi connectivity index (χ2v) is 4.45. The van der Waals surface area contributed by atoms with Crippen molar-refractivity contribution in [1.82, 2.24) is 10.3 Å². The second kappa shape index (κ2) is 6.34. The predicted octanol–water partition coefficient (Wildman–Crippen LogP) is 3.18. The molecule has 0 unspecified atom stereocenters. The van der Waals surface area contributed by atoms with Crippen LogP contribution in [0.1, 0.15) is 18.2 Å². The summed E-state index contributed by atoms with van der Waals surface area (Å²) in [5.41, 5.74) is 4.44. The van der Waals surface area contributed by atoms with Crippen LogP contribution in [0.5, 0.6) is 5.75 Å². The highest BCUT2D eigenvalue weighted by Gasteiger charge is 2.04. The molecule has 0 amide bonds. The van der Waals surface area contributed by atoms with Gasteiger partial charge in [0.2, 0.25) is 0 Å². The van der Waals surface area contributed by atoms with E-state index >= 15 is 0 Å². The van der Waals surface area contributed by atoms with E-state index in [0.29, 0.717) is 0 Å². The van der Waals surface area contributed by atoms with Crippen molar-refractivity contribution in [1.29, 1.82) is 0 Å². The number of nitrogens with zero attached hydrogens (tertiary/aromatic N) is 1. The Morgan fingerprint density at radius 2 is 1.84 bits per heavy atom. The summed E-state index contributed by atoms with van der Waals surface area (Å²) in [5, 5.41) is 3.32. The zero-order valence-electron chi connectivity index (χ0n) is 11.7. The fourth-order valence-electron chi connectivity index (χ4n) is 1.96. The van der Waals surface area contributed by atoms with Gasteiger partial charge in [0, 0.05) is 17.8 Å². The number of aromatic nitrogens is 1. The molecule has 3 nitrogen and oxygen atoms in total. The lowest BCUT2D eigenvalue weighted by Crippen LogP contribution is -2.13. The molecule has 0 atom stereocenters. The smallest absolute Gasteiger partial charge is 0.118 e. The van der Waals surface area contributed by atoms with E-state index in [1.165, 1.54) is 5.56 Å². The number of hydrogen-bond acceptors (Lipinski definition) is 3. The van der Waals surface area contributed by atoms with Crippen LogP contribution in [0.3, 0.4) is 0 Å². The molecule has 2 rings (SSSR count). The van der Waals surface area contributed by atoms with Gasteiger partial charge in [-0.2, -0.15) is 0 Å². The van der Waals surface area contributed by atoms with Gasteiger partial charge >= 0.3 is 0 Å². The van der Waals surface area contributed by atoms with Crippen LogP contribution in [0.15, 0.2) is 36.4 Å². The summed E-state index contributed by atoms with van der Waals surface area (Å²) < 4.78 is 5.16. The third-order valence-electron chi connectivity index (χ3n) is 3.15. The normalized spacial score (nSPS) is 10.5. The fraction of sp³-hybridized carbons (Fsp3) is 0.312. The summed E-state index contributed by atoms with van der Waals surface area (Å²) in [5.74, 6) is 0.865. The van der Waals surface area contributed by atoms with Gasteiger partial charge in [-0.25, -0.2) is 0 Å². The molecule has 3 heteroatoms. The monoisotopic (exact) mass is 256 g/mol. The Balaban J connectivity index is 2.22. The summed E-state index contributed by atoms with van der Waals surface area (Å²) in [6, 6.07) is 12.2. The maximum absolute atomic E-state index is 5.16. The van der Waals surface area contributed by atoms with Crippen LogP contribution in [0, 0.1) is 6.92 Å². The lowest BCUT2D eigenvalue weighted by Gasteiger charge is -2.09. The molecule has 2 aromatic rings. The van der Waals surface area contributed by atoms with Gasteiger partial charge in [-0.1, -0.05) is 13.0 Å². The van der Waals surface area contributed by atoms with E-state index in [0.717, 1.165) is 35.8 Å². The van der Waals surface area contributed by atoms with E-state index in [1.807, 2.05) is 24.3 Å². The molecule has 1 aromatic heterocycles. The average molecular weight is 256 g/mol. The molecule has 0 fully saturated rings. The number of rotatable bonds is 5. The van der Waals surface area contributed by atoms with Crippen LogP contribution < -0.4 is 10.1 Å². The summed E-state index contributed by atoms with van der Waals surface area (Å²) in [6.07, 6.45) is 0. The van der Waals surface area contributed by atoms with Gasteiger partial charge in [0.1, 0.15) is 5.75 Å². The van der Waals surface area contributed by atoms with Gasteiger partial charge in [-0.05, 0) is 49.4 Å². The van der Waals surface area contributed by atoms with E-state index in [9.17, 15) is 0 Å². The molecule has 1 aromatic carbocycles. The maximum atomic E-state index is 5.16. The van der Waals surface area contributed by atoms with E-state index in [4.69, 9.17) is 4.74 Å². The molecule has 19 heavy (non-hydrogen) atoms. The SMILES string of the molecule is CCNCc1ccc(-c2ccc(OC)cc2)nc1C. The molecular formula is C16H20N2O. The minimum atomic E-state index is 0.865. The van der Waals surface area contributed by atoms with Crippen molar-refractivity contribution in [3.63, 3.8) is 0 Å². The first-order valence-corrected chi connectivity index (χ1v) is 6.56. The molecule has 0 aliphatic rings. The maximum Gasteiger partial charge on any atom is 0.118 e. The Morgan fingerprint density at radius 3 is 2.42 bits per heavy atom. The van der Waals surface area contributed by atoms with Crippen LogP contribution in [0.4, 0.5) is 0 Å². The van der Waals surface area contributed by atoms with Crippen LogP contribution in [-0.4, -0.2) is 18.6 Å². The number of pyridine rings is 1. The first kappa shape index (κ1) is 13.6.